The standard InChI is InChI=1S/C13H22N2O2S/c1-12-7-3-4-8-13(12)11-15(2)18(16,17)10-6-5-9-14/h3-4,7-8H,5-6,9-11,14H2,1-2H3. The summed E-state index contributed by atoms with van der Waals surface area (Å²) in [6, 6.07) is 7.83. The molecule has 0 aromatic heterocycles. The van der Waals surface area contributed by atoms with Gasteiger partial charge in [0.25, 0.3) is 0 Å². The lowest BCUT2D eigenvalue weighted by atomic mass is 10.1. The molecule has 0 fully saturated rings. The van der Waals surface area contributed by atoms with E-state index in [1.54, 1.807) is 7.05 Å². The zero-order valence-corrected chi connectivity index (χ0v) is 11.9. The maximum absolute atomic E-state index is 12.0. The molecule has 5 heteroatoms. The summed E-state index contributed by atoms with van der Waals surface area (Å²) in [5.74, 6) is 0.173. The van der Waals surface area contributed by atoms with E-state index in [1.165, 1.54) is 4.31 Å². The topological polar surface area (TPSA) is 63.4 Å². The molecule has 0 radical (unpaired) electrons. The van der Waals surface area contributed by atoms with Gasteiger partial charge in [0, 0.05) is 13.6 Å². The Kier molecular flexibility index (Phi) is 5.78. The fraction of sp³-hybridized carbons (Fsp3) is 0.538. The molecule has 0 unspecified atom stereocenters. The molecule has 18 heavy (non-hydrogen) atoms. The molecule has 0 aliphatic heterocycles. The van der Waals surface area contributed by atoms with Crippen molar-refractivity contribution in [1.29, 1.82) is 0 Å². The average Bonchev–Trinajstić information content (AvgIpc) is 2.32. The van der Waals surface area contributed by atoms with Crippen LogP contribution in [0.5, 0.6) is 0 Å². The maximum Gasteiger partial charge on any atom is 0.214 e. The third kappa shape index (κ3) is 4.40. The molecule has 0 bridgehead atoms. The third-order valence-corrected chi connectivity index (χ3v) is 4.87. The van der Waals surface area contributed by atoms with Gasteiger partial charge in [-0.25, -0.2) is 12.7 Å². The first-order valence-electron chi connectivity index (χ1n) is 6.16. The van der Waals surface area contributed by atoms with Crippen LogP contribution in [0.15, 0.2) is 24.3 Å². The van der Waals surface area contributed by atoms with E-state index in [-0.39, 0.29) is 5.75 Å². The molecule has 0 atom stereocenters. The molecular formula is C13H22N2O2S. The Labute approximate surface area is 110 Å². The lowest BCUT2D eigenvalue weighted by Crippen LogP contribution is -2.29. The summed E-state index contributed by atoms with van der Waals surface area (Å²) in [6.07, 6.45) is 1.37. The van der Waals surface area contributed by atoms with Crippen molar-refractivity contribution < 1.29 is 8.42 Å². The van der Waals surface area contributed by atoms with Crippen molar-refractivity contribution in [2.45, 2.75) is 26.3 Å². The van der Waals surface area contributed by atoms with Crippen LogP contribution in [0.1, 0.15) is 24.0 Å². The molecule has 2 N–H and O–H groups in total. The molecule has 0 amide bonds. The van der Waals surface area contributed by atoms with Crippen LogP contribution in [-0.2, 0) is 16.6 Å². The van der Waals surface area contributed by atoms with Crippen LogP contribution in [0, 0.1) is 6.92 Å². The van der Waals surface area contributed by atoms with Gasteiger partial charge in [-0.05, 0) is 37.4 Å². The smallest absolute Gasteiger partial charge is 0.214 e. The van der Waals surface area contributed by atoms with Crippen LogP contribution in [0.4, 0.5) is 0 Å². The number of unbranched alkanes of at least 4 members (excludes halogenated alkanes) is 1. The van der Waals surface area contributed by atoms with Crippen molar-refractivity contribution in [3.63, 3.8) is 0 Å². The predicted molar refractivity (Wildman–Crippen MR) is 74.7 cm³/mol. The van der Waals surface area contributed by atoms with E-state index in [1.807, 2.05) is 31.2 Å². The first-order chi connectivity index (χ1) is 8.47. The normalized spacial score (nSPS) is 12.0. The number of hydrogen-bond donors (Lipinski definition) is 1. The van der Waals surface area contributed by atoms with Gasteiger partial charge < -0.3 is 5.73 Å². The largest absolute Gasteiger partial charge is 0.330 e. The van der Waals surface area contributed by atoms with Crippen molar-refractivity contribution in [2.75, 3.05) is 19.3 Å². The molecule has 0 aliphatic carbocycles. The van der Waals surface area contributed by atoms with E-state index in [0.717, 1.165) is 17.5 Å². The minimum atomic E-state index is -3.17. The van der Waals surface area contributed by atoms with Crippen LogP contribution >= 0.6 is 0 Å². The molecule has 0 aliphatic rings. The Morgan fingerprint density at radius 1 is 1.22 bits per heavy atom. The van der Waals surface area contributed by atoms with E-state index >= 15 is 0 Å². The molecular weight excluding hydrogens is 248 g/mol. The molecule has 1 rings (SSSR count). The van der Waals surface area contributed by atoms with Gasteiger partial charge in [-0.15, -0.1) is 0 Å². The Morgan fingerprint density at radius 3 is 2.50 bits per heavy atom. The highest BCUT2D eigenvalue weighted by molar-refractivity contribution is 7.89. The number of sulfonamides is 1. The Balaban J connectivity index is 2.64. The highest BCUT2D eigenvalue weighted by atomic mass is 32.2. The van der Waals surface area contributed by atoms with Crippen molar-refractivity contribution in [3.05, 3.63) is 35.4 Å². The van der Waals surface area contributed by atoms with Gasteiger partial charge in [0.05, 0.1) is 5.75 Å². The molecule has 1 aromatic carbocycles. The number of nitrogens with two attached hydrogens (primary N) is 1. The van der Waals surface area contributed by atoms with E-state index in [2.05, 4.69) is 0 Å². The van der Waals surface area contributed by atoms with Crippen molar-refractivity contribution in [3.8, 4) is 0 Å². The average molecular weight is 270 g/mol. The van der Waals surface area contributed by atoms with E-state index in [4.69, 9.17) is 5.73 Å². The van der Waals surface area contributed by atoms with Gasteiger partial charge in [-0.1, -0.05) is 24.3 Å². The van der Waals surface area contributed by atoms with Crippen molar-refractivity contribution in [2.24, 2.45) is 5.73 Å². The molecule has 1 aromatic rings. The molecule has 0 heterocycles. The summed E-state index contributed by atoms with van der Waals surface area (Å²) in [5.41, 5.74) is 7.53. The van der Waals surface area contributed by atoms with Gasteiger partial charge in [-0.3, -0.25) is 0 Å². The van der Waals surface area contributed by atoms with Gasteiger partial charge in [-0.2, -0.15) is 0 Å². The number of aryl methyl sites for hydroxylation is 1. The van der Waals surface area contributed by atoms with Gasteiger partial charge in [0.1, 0.15) is 0 Å². The number of rotatable bonds is 7. The van der Waals surface area contributed by atoms with Crippen LogP contribution in [0.25, 0.3) is 0 Å². The molecule has 0 saturated heterocycles. The molecule has 4 nitrogen and oxygen atoms in total. The quantitative estimate of drug-likeness (QED) is 0.764. The summed E-state index contributed by atoms with van der Waals surface area (Å²) < 4.78 is 25.4. The highest BCUT2D eigenvalue weighted by Gasteiger charge is 2.17. The first-order valence-corrected chi connectivity index (χ1v) is 7.77. The zero-order chi connectivity index (χ0) is 13.6. The van der Waals surface area contributed by atoms with Gasteiger partial charge in [0.2, 0.25) is 10.0 Å². The number of benzene rings is 1. The van der Waals surface area contributed by atoms with Gasteiger partial charge in [0.15, 0.2) is 0 Å². The number of hydrogen-bond acceptors (Lipinski definition) is 3. The van der Waals surface area contributed by atoms with Crippen LogP contribution in [0.3, 0.4) is 0 Å². The lowest BCUT2D eigenvalue weighted by Gasteiger charge is -2.18. The summed E-state index contributed by atoms with van der Waals surface area (Å²) in [7, 11) is -1.54. The molecule has 0 spiro atoms. The van der Waals surface area contributed by atoms with Crippen molar-refractivity contribution in [1.82, 2.24) is 4.31 Å². The fourth-order valence-corrected chi connectivity index (χ4v) is 2.93. The minimum absolute atomic E-state index is 0.173. The Bertz CT molecular complexity index is 472. The summed E-state index contributed by atoms with van der Waals surface area (Å²) >= 11 is 0. The Morgan fingerprint density at radius 2 is 1.89 bits per heavy atom. The van der Waals surface area contributed by atoms with Crippen molar-refractivity contribution >= 4 is 10.0 Å². The van der Waals surface area contributed by atoms with Gasteiger partial charge >= 0.3 is 0 Å². The van der Waals surface area contributed by atoms with E-state index in [9.17, 15) is 8.42 Å². The predicted octanol–water partition coefficient (Wildman–Crippen LogP) is 1.50. The van der Waals surface area contributed by atoms with E-state index in [0.29, 0.717) is 19.5 Å². The first kappa shape index (κ1) is 15.1. The number of nitrogens with zero attached hydrogens (tertiary/aromatic N) is 1. The summed E-state index contributed by atoms with van der Waals surface area (Å²) in [5, 5.41) is 0. The highest BCUT2D eigenvalue weighted by Crippen LogP contribution is 2.12. The summed E-state index contributed by atoms with van der Waals surface area (Å²) in [4.78, 5) is 0. The van der Waals surface area contributed by atoms with E-state index < -0.39 is 10.0 Å². The maximum atomic E-state index is 12.0. The van der Waals surface area contributed by atoms with Crippen LogP contribution < -0.4 is 5.73 Å². The third-order valence-electron chi connectivity index (χ3n) is 2.99. The zero-order valence-electron chi connectivity index (χ0n) is 11.1. The Hall–Kier alpha value is -0.910. The second-order valence-electron chi connectivity index (χ2n) is 4.49. The van der Waals surface area contributed by atoms with Crippen LogP contribution in [-0.4, -0.2) is 32.1 Å². The fourth-order valence-electron chi connectivity index (χ4n) is 1.71. The minimum Gasteiger partial charge on any atom is -0.330 e. The summed E-state index contributed by atoms with van der Waals surface area (Å²) in [6.45, 7) is 2.96. The molecule has 0 saturated carbocycles. The lowest BCUT2D eigenvalue weighted by molar-refractivity contribution is 0.464. The molecule has 102 valence electrons. The monoisotopic (exact) mass is 270 g/mol. The second-order valence-corrected chi connectivity index (χ2v) is 6.69. The van der Waals surface area contributed by atoms with Crippen LogP contribution in [0.2, 0.25) is 0 Å². The second kappa shape index (κ2) is 6.87. The SMILES string of the molecule is Cc1ccccc1CN(C)S(=O)(=O)CCCCN.